The molecule has 0 saturated carbocycles. The number of anilines is 1. The average Bonchev–Trinajstić information content (AvgIpc) is 3.10. The van der Waals surface area contributed by atoms with Crippen LogP contribution in [0.25, 0.3) is 5.76 Å². The number of Topliss-reactive ketones (excluding diaryl/α,β-unsaturated/α-hetero) is 1. The molecule has 1 fully saturated rings. The van der Waals surface area contributed by atoms with Gasteiger partial charge < -0.3 is 14.9 Å². The third kappa shape index (κ3) is 4.50. The van der Waals surface area contributed by atoms with Crippen molar-refractivity contribution in [3.05, 3.63) is 94.5 Å². The molecule has 1 heterocycles. The molecular weight excluding hydrogens is 454 g/mol. The zero-order valence-corrected chi connectivity index (χ0v) is 19.5. The van der Waals surface area contributed by atoms with Gasteiger partial charge in [0.05, 0.1) is 23.2 Å². The van der Waals surface area contributed by atoms with Crippen molar-refractivity contribution < 1.29 is 24.5 Å². The minimum Gasteiger partial charge on any atom is -0.507 e. The molecular formula is C27H24ClNO5. The molecule has 3 aromatic rings. The number of para-hydroxylation sites is 1. The van der Waals surface area contributed by atoms with Crippen LogP contribution in [0.15, 0.2) is 78.4 Å². The van der Waals surface area contributed by atoms with Crippen LogP contribution in [0.3, 0.4) is 0 Å². The molecule has 1 aliphatic heterocycles. The van der Waals surface area contributed by atoms with Crippen LogP contribution in [0.4, 0.5) is 5.69 Å². The topological polar surface area (TPSA) is 87.1 Å². The zero-order valence-electron chi connectivity index (χ0n) is 18.7. The number of phenolic OH excluding ortho intramolecular Hbond substituents is 1. The number of ketones is 1. The lowest BCUT2D eigenvalue weighted by molar-refractivity contribution is -0.132. The van der Waals surface area contributed by atoms with Crippen LogP contribution in [-0.2, 0) is 9.59 Å². The predicted molar refractivity (Wildman–Crippen MR) is 131 cm³/mol. The second kappa shape index (κ2) is 9.61. The molecule has 1 aliphatic rings. The number of carbonyl (C=O) groups excluding carboxylic acids is 2. The van der Waals surface area contributed by atoms with Crippen LogP contribution >= 0.6 is 11.6 Å². The van der Waals surface area contributed by atoms with Crippen molar-refractivity contribution in [3.8, 4) is 11.5 Å². The van der Waals surface area contributed by atoms with E-state index in [0.717, 1.165) is 0 Å². The molecule has 0 aliphatic carbocycles. The highest BCUT2D eigenvalue weighted by atomic mass is 35.5. The number of amides is 1. The van der Waals surface area contributed by atoms with E-state index < -0.39 is 17.7 Å². The van der Waals surface area contributed by atoms with Gasteiger partial charge in [-0.15, -0.1) is 0 Å². The molecule has 1 saturated heterocycles. The number of aliphatic hydroxyl groups excluding tert-OH is 1. The number of rotatable bonds is 6. The Hall–Kier alpha value is -3.77. The lowest BCUT2D eigenvalue weighted by atomic mass is 9.95. The summed E-state index contributed by atoms with van der Waals surface area (Å²) in [5.74, 6) is -1.01. The van der Waals surface area contributed by atoms with E-state index in [-0.39, 0.29) is 22.1 Å². The molecule has 0 radical (unpaired) electrons. The van der Waals surface area contributed by atoms with E-state index in [1.54, 1.807) is 60.7 Å². The lowest BCUT2D eigenvalue weighted by Crippen LogP contribution is -2.29. The summed E-state index contributed by atoms with van der Waals surface area (Å²) >= 11 is 6.14. The Morgan fingerprint density at radius 2 is 1.71 bits per heavy atom. The van der Waals surface area contributed by atoms with E-state index in [4.69, 9.17) is 16.3 Å². The highest BCUT2D eigenvalue weighted by Crippen LogP contribution is 2.43. The second-order valence-corrected chi connectivity index (χ2v) is 8.85. The van der Waals surface area contributed by atoms with Gasteiger partial charge in [-0.3, -0.25) is 14.5 Å². The number of benzene rings is 3. The quantitative estimate of drug-likeness (QED) is 0.270. The molecule has 0 spiro atoms. The molecule has 7 heteroatoms. The van der Waals surface area contributed by atoms with E-state index in [0.29, 0.717) is 35.1 Å². The Labute approximate surface area is 202 Å². The first kappa shape index (κ1) is 23.4. The van der Waals surface area contributed by atoms with Crippen LogP contribution in [0.2, 0.25) is 5.02 Å². The lowest BCUT2D eigenvalue weighted by Gasteiger charge is -2.25. The molecule has 2 N–H and O–H groups in total. The summed E-state index contributed by atoms with van der Waals surface area (Å²) in [6.45, 7) is 4.64. The number of hydrogen-bond acceptors (Lipinski definition) is 5. The van der Waals surface area contributed by atoms with Crippen molar-refractivity contribution in [1.82, 2.24) is 0 Å². The Balaban J connectivity index is 1.83. The van der Waals surface area contributed by atoms with Crippen LogP contribution in [0.5, 0.6) is 11.5 Å². The summed E-state index contributed by atoms with van der Waals surface area (Å²) in [7, 11) is 0. The molecule has 0 aromatic heterocycles. The second-order valence-electron chi connectivity index (χ2n) is 8.44. The van der Waals surface area contributed by atoms with Gasteiger partial charge in [-0.05, 0) is 60.0 Å². The molecule has 174 valence electrons. The summed E-state index contributed by atoms with van der Waals surface area (Å²) in [5, 5.41) is 21.1. The van der Waals surface area contributed by atoms with Gasteiger partial charge >= 0.3 is 0 Å². The minimum atomic E-state index is -0.933. The number of phenols is 1. The molecule has 1 atom stereocenters. The van der Waals surface area contributed by atoms with Crippen LogP contribution < -0.4 is 9.64 Å². The van der Waals surface area contributed by atoms with Gasteiger partial charge in [-0.25, -0.2) is 0 Å². The first-order valence-corrected chi connectivity index (χ1v) is 11.2. The fraction of sp³-hybridized carbons (Fsp3) is 0.185. The van der Waals surface area contributed by atoms with Gasteiger partial charge in [0.15, 0.2) is 0 Å². The summed E-state index contributed by atoms with van der Waals surface area (Å²) in [6, 6.07) is 18.9. The van der Waals surface area contributed by atoms with Crippen molar-refractivity contribution >= 4 is 34.7 Å². The molecule has 34 heavy (non-hydrogen) atoms. The Morgan fingerprint density at radius 3 is 2.32 bits per heavy atom. The number of hydrogen-bond donors (Lipinski definition) is 2. The molecule has 4 rings (SSSR count). The first-order valence-electron chi connectivity index (χ1n) is 10.9. The average molecular weight is 478 g/mol. The van der Waals surface area contributed by atoms with E-state index in [2.05, 4.69) is 0 Å². The summed E-state index contributed by atoms with van der Waals surface area (Å²) in [6.07, 6.45) is 0. The highest BCUT2D eigenvalue weighted by Gasteiger charge is 2.47. The van der Waals surface area contributed by atoms with Crippen LogP contribution in [0.1, 0.15) is 31.0 Å². The SMILES string of the molecule is CC(C)COc1ccc(/C(O)=C2/C(=O)C(=O)N(c3ccccc3)C2c2ccc(O)c(Cl)c2)cc1. The standard InChI is InChI=1S/C27H24ClNO5/c1-16(2)15-34-20-11-8-17(9-12-20)25(31)23-24(18-10-13-22(30)21(28)14-18)29(27(33)26(23)32)19-6-4-3-5-7-19/h3-14,16,24,30-31H,15H2,1-2H3/b25-23-. The highest BCUT2D eigenvalue weighted by molar-refractivity contribution is 6.51. The Kier molecular flexibility index (Phi) is 6.61. The summed E-state index contributed by atoms with van der Waals surface area (Å²) in [5.41, 5.74) is 1.28. The maximum absolute atomic E-state index is 13.2. The first-order chi connectivity index (χ1) is 16.3. The van der Waals surface area contributed by atoms with Gasteiger partial charge in [0.25, 0.3) is 11.7 Å². The fourth-order valence-electron chi connectivity index (χ4n) is 3.82. The van der Waals surface area contributed by atoms with Crippen LogP contribution in [-0.4, -0.2) is 28.5 Å². The third-order valence-electron chi connectivity index (χ3n) is 5.48. The van der Waals surface area contributed by atoms with Crippen molar-refractivity contribution in [2.24, 2.45) is 5.92 Å². The van der Waals surface area contributed by atoms with E-state index in [1.807, 2.05) is 13.8 Å². The van der Waals surface area contributed by atoms with Gasteiger partial charge in [-0.1, -0.05) is 49.7 Å². The summed E-state index contributed by atoms with van der Waals surface area (Å²) in [4.78, 5) is 27.6. The normalized spacial score (nSPS) is 17.4. The largest absolute Gasteiger partial charge is 0.507 e. The maximum atomic E-state index is 13.2. The molecule has 0 bridgehead atoms. The van der Waals surface area contributed by atoms with Crippen LogP contribution in [0, 0.1) is 5.92 Å². The van der Waals surface area contributed by atoms with E-state index in [9.17, 15) is 19.8 Å². The van der Waals surface area contributed by atoms with Gasteiger partial charge in [0.1, 0.15) is 17.3 Å². The van der Waals surface area contributed by atoms with E-state index in [1.165, 1.54) is 17.0 Å². The molecule has 6 nitrogen and oxygen atoms in total. The predicted octanol–water partition coefficient (Wildman–Crippen LogP) is 5.71. The number of carbonyl (C=O) groups is 2. The number of ether oxygens (including phenoxy) is 1. The van der Waals surface area contributed by atoms with Gasteiger partial charge in [0.2, 0.25) is 0 Å². The third-order valence-corrected chi connectivity index (χ3v) is 5.78. The fourth-order valence-corrected chi connectivity index (χ4v) is 4.01. The van der Waals surface area contributed by atoms with Crippen molar-refractivity contribution in [2.75, 3.05) is 11.5 Å². The number of nitrogens with zero attached hydrogens (tertiary/aromatic N) is 1. The number of halogens is 1. The monoisotopic (exact) mass is 477 g/mol. The number of aliphatic hydroxyl groups is 1. The van der Waals surface area contributed by atoms with Crippen molar-refractivity contribution in [1.29, 1.82) is 0 Å². The Morgan fingerprint density at radius 1 is 1.03 bits per heavy atom. The smallest absolute Gasteiger partial charge is 0.300 e. The Bertz CT molecular complexity index is 1250. The van der Waals surface area contributed by atoms with Crippen molar-refractivity contribution in [3.63, 3.8) is 0 Å². The minimum absolute atomic E-state index is 0.0635. The van der Waals surface area contributed by atoms with Crippen molar-refractivity contribution in [2.45, 2.75) is 19.9 Å². The molecule has 3 aromatic carbocycles. The zero-order chi connectivity index (χ0) is 24.4. The molecule has 1 amide bonds. The van der Waals surface area contributed by atoms with E-state index >= 15 is 0 Å². The molecule has 1 unspecified atom stereocenters. The summed E-state index contributed by atoms with van der Waals surface area (Å²) < 4.78 is 5.69. The van der Waals surface area contributed by atoms with Gasteiger partial charge in [0, 0.05) is 11.3 Å². The number of aromatic hydroxyl groups is 1. The maximum Gasteiger partial charge on any atom is 0.300 e. The van der Waals surface area contributed by atoms with Gasteiger partial charge in [-0.2, -0.15) is 0 Å².